The van der Waals surface area contributed by atoms with Gasteiger partial charge in [-0.05, 0) is 23.8 Å². The summed E-state index contributed by atoms with van der Waals surface area (Å²) in [6.45, 7) is 0. The standard InChI is InChI=1S/C14H11Br2F2NO/c1-20-8-5-11(17)13(12(18)6-8)14(19)9-4-7(15)2-3-10(9)16/h2-6,14H,19H2,1H3. The van der Waals surface area contributed by atoms with Crippen LogP contribution in [0.3, 0.4) is 0 Å². The van der Waals surface area contributed by atoms with Crippen LogP contribution in [-0.2, 0) is 0 Å². The number of ether oxygens (including phenoxy) is 1. The van der Waals surface area contributed by atoms with Crippen molar-refractivity contribution in [1.29, 1.82) is 0 Å². The molecule has 106 valence electrons. The van der Waals surface area contributed by atoms with Gasteiger partial charge in [0.05, 0.1) is 13.2 Å². The van der Waals surface area contributed by atoms with Gasteiger partial charge in [0.2, 0.25) is 0 Å². The number of benzene rings is 2. The molecule has 20 heavy (non-hydrogen) atoms. The maximum absolute atomic E-state index is 14.0. The Kier molecular flexibility index (Phi) is 4.78. The number of rotatable bonds is 3. The number of methoxy groups -OCH3 is 1. The van der Waals surface area contributed by atoms with Crippen LogP contribution in [0.4, 0.5) is 8.78 Å². The molecule has 1 atom stereocenters. The molecule has 1 unspecified atom stereocenters. The average Bonchev–Trinajstić information content (AvgIpc) is 2.40. The summed E-state index contributed by atoms with van der Waals surface area (Å²) in [5.41, 5.74) is 6.40. The highest BCUT2D eigenvalue weighted by Crippen LogP contribution is 2.33. The van der Waals surface area contributed by atoms with E-state index in [1.807, 2.05) is 0 Å². The second-order valence-electron chi connectivity index (χ2n) is 4.15. The minimum atomic E-state index is -0.923. The minimum absolute atomic E-state index is 0.115. The molecule has 0 heterocycles. The van der Waals surface area contributed by atoms with E-state index in [9.17, 15) is 8.78 Å². The Labute approximate surface area is 132 Å². The van der Waals surface area contributed by atoms with Crippen LogP contribution in [0, 0.1) is 11.6 Å². The SMILES string of the molecule is COc1cc(F)c(C(N)c2cc(Br)ccc2Br)c(F)c1. The van der Waals surface area contributed by atoms with Crippen LogP contribution in [0.15, 0.2) is 39.3 Å². The first-order chi connectivity index (χ1) is 9.43. The van der Waals surface area contributed by atoms with E-state index in [0.717, 1.165) is 16.6 Å². The number of hydrogen-bond acceptors (Lipinski definition) is 2. The Balaban J connectivity index is 2.53. The molecule has 0 amide bonds. The molecular formula is C14H11Br2F2NO. The van der Waals surface area contributed by atoms with Crippen LogP contribution in [0.1, 0.15) is 17.2 Å². The molecule has 0 spiro atoms. The van der Waals surface area contributed by atoms with Gasteiger partial charge in [-0.2, -0.15) is 0 Å². The Hall–Kier alpha value is -0.980. The van der Waals surface area contributed by atoms with Gasteiger partial charge in [0.1, 0.15) is 17.4 Å². The average molecular weight is 407 g/mol. The normalized spacial score (nSPS) is 12.3. The van der Waals surface area contributed by atoms with Gasteiger partial charge in [-0.25, -0.2) is 8.78 Å². The molecule has 0 aliphatic heterocycles. The zero-order valence-corrected chi connectivity index (χ0v) is 13.6. The number of hydrogen-bond donors (Lipinski definition) is 1. The largest absolute Gasteiger partial charge is 0.497 e. The summed E-state index contributed by atoms with van der Waals surface area (Å²) in [5.74, 6) is -1.35. The smallest absolute Gasteiger partial charge is 0.134 e. The molecule has 6 heteroatoms. The van der Waals surface area contributed by atoms with Crippen molar-refractivity contribution in [3.63, 3.8) is 0 Å². The van der Waals surface area contributed by atoms with E-state index in [0.29, 0.717) is 10.0 Å². The summed E-state index contributed by atoms with van der Waals surface area (Å²) in [6.07, 6.45) is 0. The van der Waals surface area contributed by atoms with Gasteiger partial charge in [0.25, 0.3) is 0 Å². The van der Waals surface area contributed by atoms with Gasteiger partial charge in [-0.3, -0.25) is 0 Å². The van der Waals surface area contributed by atoms with Crippen molar-refractivity contribution in [2.75, 3.05) is 7.11 Å². The lowest BCUT2D eigenvalue weighted by molar-refractivity contribution is 0.404. The molecule has 2 nitrogen and oxygen atoms in total. The highest BCUT2D eigenvalue weighted by Gasteiger charge is 2.21. The van der Waals surface area contributed by atoms with Crippen molar-refractivity contribution in [3.05, 3.63) is 62.0 Å². The van der Waals surface area contributed by atoms with Gasteiger partial charge in [0, 0.05) is 26.6 Å². The second kappa shape index (κ2) is 6.20. The van der Waals surface area contributed by atoms with Crippen LogP contribution in [0.2, 0.25) is 0 Å². The molecule has 2 aromatic rings. The van der Waals surface area contributed by atoms with Crippen LogP contribution in [-0.4, -0.2) is 7.11 Å². The van der Waals surface area contributed by atoms with Crippen molar-refractivity contribution in [1.82, 2.24) is 0 Å². The van der Waals surface area contributed by atoms with Gasteiger partial charge >= 0.3 is 0 Å². The molecule has 0 radical (unpaired) electrons. The van der Waals surface area contributed by atoms with Crippen LogP contribution in [0.5, 0.6) is 5.75 Å². The third-order valence-corrected chi connectivity index (χ3v) is 4.11. The molecule has 0 saturated carbocycles. The lowest BCUT2D eigenvalue weighted by Gasteiger charge is -2.17. The third kappa shape index (κ3) is 3.02. The molecule has 0 aromatic heterocycles. The molecule has 2 N–H and O–H groups in total. The topological polar surface area (TPSA) is 35.2 Å². The van der Waals surface area contributed by atoms with Crippen molar-refractivity contribution < 1.29 is 13.5 Å². The zero-order chi connectivity index (χ0) is 14.9. The van der Waals surface area contributed by atoms with Crippen LogP contribution < -0.4 is 10.5 Å². The maximum Gasteiger partial charge on any atom is 0.134 e. The van der Waals surface area contributed by atoms with Crippen LogP contribution >= 0.6 is 31.9 Å². The quantitative estimate of drug-likeness (QED) is 0.811. The fraction of sp³-hybridized carbons (Fsp3) is 0.143. The van der Waals surface area contributed by atoms with E-state index >= 15 is 0 Å². The van der Waals surface area contributed by atoms with Crippen molar-refractivity contribution in [2.45, 2.75) is 6.04 Å². The summed E-state index contributed by atoms with van der Waals surface area (Å²) < 4.78 is 34.4. The van der Waals surface area contributed by atoms with E-state index in [-0.39, 0.29) is 11.3 Å². The Bertz CT molecular complexity index is 626. The summed E-state index contributed by atoms with van der Waals surface area (Å²) in [7, 11) is 1.35. The van der Waals surface area contributed by atoms with Gasteiger partial charge in [-0.15, -0.1) is 0 Å². The Morgan fingerprint density at radius 2 is 1.70 bits per heavy atom. The minimum Gasteiger partial charge on any atom is -0.497 e. The van der Waals surface area contributed by atoms with Gasteiger partial charge in [0.15, 0.2) is 0 Å². The summed E-state index contributed by atoms with van der Waals surface area (Å²) >= 11 is 6.65. The second-order valence-corrected chi connectivity index (χ2v) is 5.92. The van der Waals surface area contributed by atoms with E-state index in [1.165, 1.54) is 7.11 Å². The van der Waals surface area contributed by atoms with E-state index in [4.69, 9.17) is 10.5 Å². The monoisotopic (exact) mass is 405 g/mol. The fourth-order valence-corrected chi connectivity index (χ4v) is 2.76. The van der Waals surface area contributed by atoms with Gasteiger partial charge in [-0.1, -0.05) is 31.9 Å². The zero-order valence-electron chi connectivity index (χ0n) is 10.5. The predicted molar refractivity (Wildman–Crippen MR) is 80.8 cm³/mol. The lowest BCUT2D eigenvalue weighted by Crippen LogP contribution is -2.16. The molecule has 0 aliphatic rings. The summed E-state index contributed by atoms with van der Waals surface area (Å²) in [5, 5.41) is 0. The lowest BCUT2D eigenvalue weighted by atomic mass is 9.98. The molecule has 0 fully saturated rings. The van der Waals surface area contributed by atoms with E-state index in [2.05, 4.69) is 31.9 Å². The van der Waals surface area contributed by atoms with Crippen molar-refractivity contribution in [3.8, 4) is 5.75 Å². The van der Waals surface area contributed by atoms with Crippen molar-refractivity contribution in [2.24, 2.45) is 5.73 Å². The first kappa shape index (κ1) is 15.4. The first-order valence-corrected chi connectivity index (χ1v) is 7.26. The molecule has 2 rings (SSSR count). The Morgan fingerprint density at radius 1 is 1.10 bits per heavy atom. The molecule has 0 bridgehead atoms. The highest BCUT2D eigenvalue weighted by molar-refractivity contribution is 9.11. The summed E-state index contributed by atoms with van der Waals surface area (Å²) in [4.78, 5) is 0. The van der Waals surface area contributed by atoms with E-state index in [1.54, 1.807) is 18.2 Å². The van der Waals surface area contributed by atoms with Crippen LogP contribution in [0.25, 0.3) is 0 Å². The maximum atomic E-state index is 14.0. The van der Waals surface area contributed by atoms with E-state index < -0.39 is 17.7 Å². The first-order valence-electron chi connectivity index (χ1n) is 5.67. The predicted octanol–water partition coefficient (Wildman–Crippen LogP) is 4.55. The molecule has 2 aromatic carbocycles. The number of halogens is 4. The third-order valence-electron chi connectivity index (χ3n) is 2.89. The highest BCUT2D eigenvalue weighted by atomic mass is 79.9. The molecule has 0 saturated heterocycles. The summed E-state index contributed by atoms with van der Waals surface area (Å²) in [6, 6.07) is 6.60. The fourth-order valence-electron chi connectivity index (χ4n) is 1.88. The van der Waals surface area contributed by atoms with Crippen molar-refractivity contribution >= 4 is 31.9 Å². The molecule has 0 aliphatic carbocycles. The Morgan fingerprint density at radius 3 is 2.25 bits per heavy atom. The molecular weight excluding hydrogens is 396 g/mol. The van der Waals surface area contributed by atoms with Gasteiger partial charge < -0.3 is 10.5 Å². The number of nitrogens with two attached hydrogens (primary N) is 1.